The van der Waals surface area contributed by atoms with Gasteiger partial charge in [0.05, 0.1) is 6.54 Å². The molecule has 0 unspecified atom stereocenters. The molecule has 0 spiro atoms. The molecule has 3 amide bonds. The number of amides is 3. The van der Waals surface area contributed by atoms with Crippen LogP contribution in [0.15, 0.2) is 0 Å². The summed E-state index contributed by atoms with van der Waals surface area (Å²) >= 11 is 1.29. The van der Waals surface area contributed by atoms with Gasteiger partial charge in [-0.3, -0.25) is 14.4 Å². The van der Waals surface area contributed by atoms with Gasteiger partial charge in [-0.15, -0.1) is 0 Å². The molecule has 1 N–H and O–H groups in total. The fourth-order valence-corrected chi connectivity index (χ4v) is 2.72. The Kier molecular flexibility index (Phi) is 3.88. The molecule has 2 heterocycles. The topological polar surface area (TPSA) is 69.7 Å². The summed E-state index contributed by atoms with van der Waals surface area (Å²) < 4.78 is 0. The summed E-state index contributed by atoms with van der Waals surface area (Å²) in [4.78, 5) is 37.5. The van der Waals surface area contributed by atoms with Gasteiger partial charge in [0.15, 0.2) is 0 Å². The highest BCUT2D eigenvalue weighted by atomic mass is 32.2. The molecule has 0 aromatic heterocycles. The summed E-state index contributed by atoms with van der Waals surface area (Å²) in [6.45, 7) is 2.40. The minimum atomic E-state index is -0.114. The van der Waals surface area contributed by atoms with Crippen LogP contribution >= 0.6 is 11.8 Å². The van der Waals surface area contributed by atoms with Crippen molar-refractivity contribution in [2.24, 2.45) is 0 Å². The highest BCUT2D eigenvalue weighted by molar-refractivity contribution is 8.13. The first-order valence-corrected chi connectivity index (χ1v) is 6.61. The lowest BCUT2D eigenvalue weighted by atomic mass is 10.3. The predicted octanol–water partition coefficient (Wildman–Crippen LogP) is -0.496. The summed E-state index contributed by atoms with van der Waals surface area (Å²) in [7, 11) is 0. The maximum atomic E-state index is 11.8. The second-order valence-electron chi connectivity index (χ2n) is 4.02. The Morgan fingerprint density at radius 3 is 2.82 bits per heavy atom. The summed E-state index contributed by atoms with van der Waals surface area (Å²) in [5.74, 6) is 0.640. The monoisotopic (exact) mass is 257 g/mol. The molecular formula is C10H15N3O3S. The van der Waals surface area contributed by atoms with Gasteiger partial charge in [0.25, 0.3) is 5.24 Å². The standard InChI is InChI=1S/C10H15N3O3S/c14-8-7-13(4-2-11-8)9(15)1-3-12-5-6-17-10(12)16/h1-7H2,(H,11,14). The zero-order valence-electron chi connectivity index (χ0n) is 9.48. The van der Waals surface area contributed by atoms with Gasteiger partial charge in [-0.05, 0) is 0 Å². The normalized spacial score (nSPS) is 20.7. The molecule has 7 heteroatoms. The van der Waals surface area contributed by atoms with Crippen LogP contribution in [0.3, 0.4) is 0 Å². The molecule has 0 aromatic rings. The molecule has 17 heavy (non-hydrogen) atoms. The first-order valence-electron chi connectivity index (χ1n) is 5.63. The number of rotatable bonds is 3. The molecule has 0 aromatic carbocycles. The van der Waals surface area contributed by atoms with E-state index in [0.717, 1.165) is 12.3 Å². The Hall–Kier alpha value is -1.24. The van der Waals surface area contributed by atoms with Crippen LogP contribution in [0.2, 0.25) is 0 Å². The molecule has 2 aliphatic rings. The smallest absolute Gasteiger partial charge is 0.281 e. The number of thioether (sulfide) groups is 1. The second kappa shape index (κ2) is 5.39. The van der Waals surface area contributed by atoms with Crippen LogP contribution in [0.5, 0.6) is 0 Å². The van der Waals surface area contributed by atoms with E-state index in [1.807, 2.05) is 0 Å². The Labute approximate surface area is 104 Å². The van der Waals surface area contributed by atoms with E-state index in [4.69, 9.17) is 0 Å². The van der Waals surface area contributed by atoms with Crippen molar-refractivity contribution in [3.8, 4) is 0 Å². The van der Waals surface area contributed by atoms with Gasteiger partial charge >= 0.3 is 0 Å². The predicted molar refractivity (Wildman–Crippen MR) is 63.6 cm³/mol. The number of nitrogens with zero attached hydrogens (tertiary/aromatic N) is 2. The van der Waals surface area contributed by atoms with E-state index in [0.29, 0.717) is 26.1 Å². The van der Waals surface area contributed by atoms with E-state index >= 15 is 0 Å². The van der Waals surface area contributed by atoms with Gasteiger partial charge in [0.1, 0.15) is 0 Å². The lowest BCUT2D eigenvalue weighted by Gasteiger charge is -2.27. The van der Waals surface area contributed by atoms with Crippen LogP contribution in [-0.2, 0) is 9.59 Å². The van der Waals surface area contributed by atoms with Crippen LogP contribution in [0, 0.1) is 0 Å². The van der Waals surface area contributed by atoms with Crippen molar-refractivity contribution in [2.45, 2.75) is 6.42 Å². The van der Waals surface area contributed by atoms with E-state index in [1.54, 1.807) is 9.80 Å². The van der Waals surface area contributed by atoms with Crippen LogP contribution in [0.4, 0.5) is 4.79 Å². The fraction of sp³-hybridized carbons (Fsp3) is 0.700. The minimum absolute atomic E-state index is 0.0502. The highest BCUT2D eigenvalue weighted by Gasteiger charge is 2.24. The molecule has 2 rings (SSSR count). The summed E-state index contributed by atoms with van der Waals surface area (Å²) in [6, 6.07) is 0. The Morgan fingerprint density at radius 2 is 2.18 bits per heavy atom. The minimum Gasteiger partial charge on any atom is -0.353 e. The quantitative estimate of drug-likeness (QED) is 0.740. The van der Waals surface area contributed by atoms with Crippen LogP contribution in [0.1, 0.15) is 6.42 Å². The average Bonchev–Trinajstić information content (AvgIpc) is 2.72. The Bertz CT molecular complexity index is 348. The number of hydrogen-bond acceptors (Lipinski definition) is 4. The molecule has 6 nitrogen and oxygen atoms in total. The number of nitrogens with one attached hydrogen (secondary N) is 1. The van der Waals surface area contributed by atoms with Crippen molar-refractivity contribution in [2.75, 3.05) is 38.5 Å². The molecule has 2 saturated heterocycles. The molecule has 0 saturated carbocycles. The zero-order valence-corrected chi connectivity index (χ0v) is 10.3. The van der Waals surface area contributed by atoms with E-state index in [-0.39, 0.29) is 23.6 Å². The van der Waals surface area contributed by atoms with E-state index in [2.05, 4.69) is 5.32 Å². The van der Waals surface area contributed by atoms with Crippen molar-refractivity contribution in [3.05, 3.63) is 0 Å². The van der Waals surface area contributed by atoms with Gasteiger partial charge in [-0.1, -0.05) is 11.8 Å². The largest absolute Gasteiger partial charge is 0.353 e. The Morgan fingerprint density at radius 1 is 1.35 bits per heavy atom. The first-order chi connectivity index (χ1) is 8.16. The molecule has 0 bridgehead atoms. The summed E-state index contributed by atoms with van der Waals surface area (Å²) in [6.07, 6.45) is 0.305. The van der Waals surface area contributed by atoms with Gasteiger partial charge in [0, 0.05) is 38.4 Å². The molecule has 0 atom stereocenters. The summed E-state index contributed by atoms with van der Waals surface area (Å²) in [5, 5.41) is 2.72. The fourth-order valence-electron chi connectivity index (χ4n) is 1.87. The maximum Gasteiger partial charge on any atom is 0.281 e. The highest BCUT2D eigenvalue weighted by Crippen LogP contribution is 2.17. The lowest BCUT2D eigenvalue weighted by Crippen LogP contribution is -2.50. The van der Waals surface area contributed by atoms with Gasteiger partial charge in [0.2, 0.25) is 11.8 Å². The Balaban J connectivity index is 1.76. The van der Waals surface area contributed by atoms with E-state index in [1.165, 1.54) is 11.8 Å². The third-order valence-electron chi connectivity index (χ3n) is 2.83. The lowest BCUT2D eigenvalue weighted by molar-refractivity contribution is -0.138. The van der Waals surface area contributed by atoms with Gasteiger partial charge in [-0.2, -0.15) is 0 Å². The zero-order chi connectivity index (χ0) is 12.3. The number of carbonyl (C=O) groups excluding carboxylic acids is 3. The van der Waals surface area contributed by atoms with Gasteiger partial charge < -0.3 is 15.1 Å². The molecule has 0 aliphatic carbocycles. The third kappa shape index (κ3) is 3.12. The second-order valence-corrected chi connectivity index (χ2v) is 5.06. The third-order valence-corrected chi connectivity index (χ3v) is 3.72. The molecule has 2 aliphatic heterocycles. The van der Waals surface area contributed by atoms with E-state index < -0.39 is 0 Å². The number of hydrogen-bond donors (Lipinski definition) is 1. The molecule has 0 radical (unpaired) electrons. The van der Waals surface area contributed by atoms with Crippen molar-refractivity contribution in [1.29, 1.82) is 0 Å². The number of piperazine rings is 1. The molecular weight excluding hydrogens is 242 g/mol. The average molecular weight is 257 g/mol. The van der Waals surface area contributed by atoms with Crippen molar-refractivity contribution in [3.63, 3.8) is 0 Å². The first kappa shape index (κ1) is 12.2. The van der Waals surface area contributed by atoms with Crippen LogP contribution in [0.25, 0.3) is 0 Å². The maximum absolute atomic E-state index is 11.8. The SMILES string of the molecule is O=C1CN(C(=O)CCN2CCSC2=O)CCN1. The van der Waals surface area contributed by atoms with Crippen molar-refractivity contribution in [1.82, 2.24) is 15.1 Å². The number of carbonyl (C=O) groups is 3. The summed E-state index contributed by atoms with van der Waals surface area (Å²) in [5.41, 5.74) is 0. The molecule has 2 fully saturated rings. The van der Waals surface area contributed by atoms with Crippen LogP contribution in [-0.4, -0.2) is 65.3 Å². The van der Waals surface area contributed by atoms with E-state index in [9.17, 15) is 14.4 Å². The van der Waals surface area contributed by atoms with Crippen LogP contribution < -0.4 is 5.32 Å². The molecule has 94 valence electrons. The van der Waals surface area contributed by atoms with Crippen molar-refractivity contribution < 1.29 is 14.4 Å². The van der Waals surface area contributed by atoms with Crippen molar-refractivity contribution >= 4 is 28.8 Å². The van der Waals surface area contributed by atoms with Gasteiger partial charge in [-0.25, -0.2) is 0 Å².